The van der Waals surface area contributed by atoms with Crippen LogP contribution >= 0.6 is 0 Å². The summed E-state index contributed by atoms with van der Waals surface area (Å²) in [6.45, 7) is 0.953. The third-order valence-electron chi connectivity index (χ3n) is 2.79. The lowest BCUT2D eigenvalue weighted by atomic mass is 10.0. The molecular formula is C14H14N4. The predicted octanol–water partition coefficient (Wildman–Crippen LogP) is 3.62. The Morgan fingerprint density at radius 2 is 1.39 bits per heavy atom. The molecule has 0 unspecified atom stereocenters. The molecular weight excluding hydrogens is 224 g/mol. The molecule has 0 saturated carbocycles. The van der Waals surface area contributed by atoms with E-state index in [9.17, 15) is 0 Å². The van der Waals surface area contributed by atoms with Gasteiger partial charge in [-0.05, 0) is 27.8 Å². The molecule has 2 aromatic carbocycles. The first-order valence-electron chi connectivity index (χ1n) is 5.72. The van der Waals surface area contributed by atoms with Gasteiger partial charge in [0.25, 0.3) is 0 Å². The van der Waals surface area contributed by atoms with Gasteiger partial charge in [0.1, 0.15) is 0 Å². The molecule has 0 amide bonds. The van der Waals surface area contributed by atoms with E-state index in [0.717, 1.165) is 22.3 Å². The maximum absolute atomic E-state index is 8.26. The van der Waals surface area contributed by atoms with Crippen molar-refractivity contribution in [2.45, 2.75) is 13.1 Å². The van der Waals surface area contributed by atoms with E-state index in [0.29, 0.717) is 13.1 Å². The van der Waals surface area contributed by atoms with Crippen molar-refractivity contribution in [2.24, 2.45) is 10.8 Å². The standard InChI is InChI=1S/C14H14N4/c15-9-11-1-5-13(6-2-11)14-7-3-12(4-8-14)10-17-18-16/h1-8H,9-10,15H2. The Labute approximate surface area is 106 Å². The minimum atomic E-state index is 0.392. The minimum absolute atomic E-state index is 0.392. The molecule has 0 aliphatic rings. The molecule has 0 bridgehead atoms. The smallest absolute Gasteiger partial charge is 0.0510 e. The van der Waals surface area contributed by atoms with Crippen molar-refractivity contribution in [3.63, 3.8) is 0 Å². The van der Waals surface area contributed by atoms with Crippen molar-refractivity contribution in [1.29, 1.82) is 0 Å². The highest BCUT2D eigenvalue weighted by Crippen LogP contribution is 2.20. The van der Waals surface area contributed by atoms with Crippen LogP contribution < -0.4 is 5.73 Å². The first-order chi connectivity index (χ1) is 8.83. The average Bonchev–Trinajstić information content (AvgIpc) is 2.46. The summed E-state index contributed by atoms with van der Waals surface area (Å²) in [6, 6.07) is 16.2. The monoisotopic (exact) mass is 238 g/mol. The molecule has 0 aliphatic heterocycles. The van der Waals surface area contributed by atoms with Crippen molar-refractivity contribution < 1.29 is 0 Å². The predicted molar refractivity (Wildman–Crippen MR) is 72.6 cm³/mol. The summed E-state index contributed by atoms with van der Waals surface area (Å²) in [5.74, 6) is 0. The SMILES string of the molecule is [N-]=[N+]=NCc1ccc(-c2ccc(CN)cc2)cc1. The van der Waals surface area contributed by atoms with Crippen LogP contribution in [0.4, 0.5) is 0 Å². The highest BCUT2D eigenvalue weighted by molar-refractivity contribution is 5.63. The Morgan fingerprint density at radius 3 is 1.83 bits per heavy atom. The van der Waals surface area contributed by atoms with Crippen LogP contribution in [0.25, 0.3) is 21.6 Å². The Kier molecular flexibility index (Phi) is 3.97. The number of benzene rings is 2. The highest BCUT2D eigenvalue weighted by Gasteiger charge is 1.98. The van der Waals surface area contributed by atoms with Gasteiger partial charge in [-0.2, -0.15) is 0 Å². The van der Waals surface area contributed by atoms with E-state index in [1.807, 2.05) is 36.4 Å². The second kappa shape index (κ2) is 5.87. The molecule has 0 spiro atoms. The maximum atomic E-state index is 8.26. The second-order valence-electron chi connectivity index (χ2n) is 3.99. The van der Waals surface area contributed by atoms with Crippen molar-refractivity contribution in [2.75, 3.05) is 0 Å². The Bertz CT molecular complexity index is 551. The number of nitrogens with zero attached hydrogens (tertiary/aromatic N) is 3. The van der Waals surface area contributed by atoms with Gasteiger partial charge in [-0.1, -0.05) is 53.6 Å². The van der Waals surface area contributed by atoms with Gasteiger partial charge >= 0.3 is 0 Å². The molecule has 4 nitrogen and oxygen atoms in total. The number of nitrogens with two attached hydrogens (primary N) is 1. The Balaban J connectivity index is 2.19. The molecule has 0 aliphatic carbocycles. The molecule has 2 rings (SSSR count). The fraction of sp³-hybridized carbons (Fsp3) is 0.143. The van der Waals surface area contributed by atoms with Crippen LogP contribution in [0.1, 0.15) is 11.1 Å². The fourth-order valence-corrected chi connectivity index (χ4v) is 1.75. The zero-order valence-electron chi connectivity index (χ0n) is 9.95. The van der Waals surface area contributed by atoms with Crippen LogP contribution in [0.5, 0.6) is 0 Å². The number of rotatable bonds is 4. The maximum Gasteiger partial charge on any atom is 0.0510 e. The summed E-state index contributed by atoms with van der Waals surface area (Å²) in [5, 5.41) is 3.53. The summed E-state index contributed by atoms with van der Waals surface area (Å²) in [7, 11) is 0. The first kappa shape index (κ1) is 12.2. The number of hydrogen-bond donors (Lipinski definition) is 1. The molecule has 90 valence electrons. The second-order valence-corrected chi connectivity index (χ2v) is 3.99. The van der Waals surface area contributed by atoms with E-state index in [2.05, 4.69) is 22.2 Å². The molecule has 0 saturated heterocycles. The molecule has 0 aromatic heterocycles. The van der Waals surface area contributed by atoms with E-state index >= 15 is 0 Å². The van der Waals surface area contributed by atoms with E-state index in [1.54, 1.807) is 0 Å². The van der Waals surface area contributed by atoms with Crippen molar-refractivity contribution >= 4 is 0 Å². The summed E-state index contributed by atoms with van der Waals surface area (Å²) in [5.41, 5.74) is 18.3. The zero-order valence-corrected chi connectivity index (χ0v) is 9.95. The van der Waals surface area contributed by atoms with E-state index < -0.39 is 0 Å². The molecule has 0 fully saturated rings. The molecule has 0 atom stereocenters. The third-order valence-corrected chi connectivity index (χ3v) is 2.79. The largest absolute Gasteiger partial charge is 0.326 e. The highest BCUT2D eigenvalue weighted by atomic mass is 15.1. The summed E-state index contributed by atoms with van der Waals surface area (Å²) in [6.07, 6.45) is 0. The van der Waals surface area contributed by atoms with E-state index in [-0.39, 0.29) is 0 Å². The van der Waals surface area contributed by atoms with E-state index in [4.69, 9.17) is 11.3 Å². The van der Waals surface area contributed by atoms with Gasteiger partial charge in [-0.3, -0.25) is 0 Å². The lowest BCUT2D eigenvalue weighted by molar-refractivity contribution is 1.05. The topological polar surface area (TPSA) is 74.8 Å². The molecule has 4 heteroatoms. The molecule has 2 N–H and O–H groups in total. The fourth-order valence-electron chi connectivity index (χ4n) is 1.75. The van der Waals surface area contributed by atoms with Crippen molar-refractivity contribution in [3.8, 4) is 11.1 Å². The molecule has 18 heavy (non-hydrogen) atoms. The Morgan fingerprint density at radius 1 is 0.889 bits per heavy atom. The van der Waals surface area contributed by atoms with Crippen LogP contribution in [0.3, 0.4) is 0 Å². The van der Waals surface area contributed by atoms with Crippen molar-refractivity contribution in [1.82, 2.24) is 0 Å². The lowest BCUT2D eigenvalue weighted by Crippen LogP contribution is -1.95. The van der Waals surface area contributed by atoms with E-state index in [1.165, 1.54) is 0 Å². The van der Waals surface area contributed by atoms with Crippen LogP contribution in [-0.2, 0) is 13.1 Å². The minimum Gasteiger partial charge on any atom is -0.326 e. The lowest BCUT2D eigenvalue weighted by Gasteiger charge is -2.04. The van der Waals surface area contributed by atoms with Gasteiger partial charge < -0.3 is 5.73 Å². The Hall–Kier alpha value is -2.29. The summed E-state index contributed by atoms with van der Waals surface area (Å²) < 4.78 is 0. The van der Waals surface area contributed by atoms with Gasteiger partial charge in [0, 0.05) is 11.5 Å². The third kappa shape index (κ3) is 2.88. The first-order valence-corrected chi connectivity index (χ1v) is 5.72. The summed E-state index contributed by atoms with van der Waals surface area (Å²) >= 11 is 0. The number of azide groups is 1. The van der Waals surface area contributed by atoms with Crippen LogP contribution in [0.15, 0.2) is 53.6 Å². The van der Waals surface area contributed by atoms with Crippen LogP contribution in [-0.4, -0.2) is 0 Å². The molecule has 0 heterocycles. The van der Waals surface area contributed by atoms with Gasteiger partial charge in [-0.25, -0.2) is 0 Å². The normalized spacial score (nSPS) is 9.83. The summed E-state index contributed by atoms with van der Waals surface area (Å²) in [4.78, 5) is 2.74. The van der Waals surface area contributed by atoms with Crippen molar-refractivity contribution in [3.05, 3.63) is 70.1 Å². The quantitative estimate of drug-likeness (QED) is 0.493. The number of hydrogen-bond acceptors (Lipinski definition) is 2. The van der Waals surface area contributed by atoms with Gasteiger partial charge in [0.2, 0.25) is 0 Å². The van der Waals surface area contributed by atoms with Gasteiger partial charge in [0.15, 0.2) is 0 Å². The van der Waals surface area contributed by atoms with Crippen LogP contribution in [0, 0.1) is 0 Å². The molecule has 2 aromatic rings. The van der Waals surface area contributed by atoms with Gasteiger partial charge in [0.05, 0.1) is 6.54 Å². The van der Waals surface area contributed by atoms with Gasteiger partial charge in [-0.15, -0.1) is 0 Å². The van der Waals surface area contributed by atoms with Crippen LogP contribution in [0.2, 0.25) is 0 Å². The molecule has 0 radical (unpaired) electrons. The average molecular weight is 238 g/mol. The zero-order chi connectivity index (χ0) is 12.8.